The molecule has 1 fully saturated rings. The van der Waals surface area contributed by atoms with Crippen LogP contribution in [0.4, 0.5) is 5.69 Å². The number of carbonyl (C=O) groups is 1. The van der Waals surface area contributed by atoms with Crippen molar-refractivity contribution in [2.75, 3.05) is 26.7 Å². The number of rotatable bonds is 9. The number of nitrogens with zero attached hydrogens (tertiary/aromatic N) is 3. The van der Waals surface area contributed by atoms with Gasteiger partial charge in [0.25, 0.3) is 0 Å². The number of nitrogens with one attached hydrogen (secondary N) is 1. The average Bonchev–Trinajstić information content (AvgIpc) is 2.92. The van der Waals surface area contributed by atoms with Gasteiger partial charge in [0.2, 0.25) is 0 Å². The summed E-state index contributed by atoms with van der Waals surface area (Å²) in [4.78, 5) is 24.8. The second-order valence-corrected chi connectivity index (χ2v) is 10.3. The molecule has 1 N–H and O–H groups in total. The van der Waals surface area contributed by atoms with E-state index in [1.54, 1.807) is 12.3 Å². The summed E-state index contributed by atoms with van der Waals surface area (Å²) in [7, 11) is 2.18. The Morgan fingerprint density at radius 1 is 1.03 bits per heavy atom. The molecule has 5 rings (SSSR count). The number of hydrogen-bond acceptors (Lipinski definition) is 6. The number of fused-ring (bicyclic) bond motifs is 1. The molecule has 2 aliphatic rings. The van der Waals surface area contributed by atoms with Crippen molar-refractivity contribution in [2.45, 2.75) is 45.3 Å². The van der Waals surface area contributed by atoms with Gasteiger partial charge in [0.15, 0.2) is 5.78 Å². The number of Topliss-reactive ketones (excluding diaryl/α,β-unsaturated/α-hetero) is 1. The van der Waals surface area contributed by atoms with Crippen molar-refractivity contribution >= 4 is 17.2 Å². The lowest BCUT2D eigenvalue weighted by Crippen LogP contribution is -2.35. The summed E-state index contributed by atoms with van der Waals surface area (Å²) in [5.41, 5.74) is 5.44. The summed E-state index contributed by atoms with van der Waals surface area (Å²) in [5, 5.41) is 3.56. The maximum absolute atomic E-state index is 13.0. The molecule has 1 unspecified atom stereocenters. The molecule has 6 nitrogen and oxygen atoms in total. The standard InChI is InChI=1S/C31H36N4O2/c1-22(37-26-10-8-24(9-11-26)18-23-6-4-3-5-7-23)28-19-30(36)27-12-15-33-29(31(27)34-28)21-32-20-25-13-16-35(2)17-14-25/h3-12,15,22,25,32H,13-14,16-21H2,1-2H3. The van der Waals surface area contributed by atoms with Crippen molar-refractivity contribution in [3.05, 3.63) is 89.2 Å². The number of ketones is 1. The quantitative estimate of drug-likeness (QED) is 0.439. The average molecular weight is 497 g/mol. The first-order valence-corrected chi connectivity index (χ1v) is 13.3. The number of piperidine rings is 1. The smallest absolute Gasteiger partial charge is 0.170 e. The Balaban J connectivity index is 1.23. The van der Waals surface area contributed by atoms with Gasteiger partial charge in [-0.05, 0) is 88.1 Å². The highest BCUT2D eigenvalue weighted by atomic mass is 16.5. The summed E-state index contributed by atoms with van der Waals surface area (Å²) in [5.74, 6) is 1.54. The zero-order chi connectivity index (χ0) is 25.6. The Hall–Kier alpha value is -3.35. The molecule has 0 radical (unpaired) electrons. The summed E-state index contributed by atoms with van der Waals surface area (Å²) in [6.07, 6.45) is 5.00. The Morgan fingerprint density at radius 3 is 2.51 bits per heavy atom. The summed E-state index contributed by atoms with van der Waals surface area (Å²) in [6.45, 7) is 5.84. The molecular formula is C31H36N4O2. The van der Waals surface area contributed by atoms with E-state index in [9.17, 15) is 4.79 Å². The molecular weight excluding hydrogens is 460 g/mol. The normalized spacial score (nSPS) is 17.2. The Morgan fingerprint density at radius 2 is 1.76 bits per heavy atom. The fourth-order valence-corrected chi connectivity index (χ4v) is 5.10. The molecule has 37 heavy (non-hydrogen) atoms. The Bertz CT molecular complexity index is 1230. The second kappa shape index (κ2) is 11.8. The minimum atomic E-state index is -0.308. The Kier molecular flexibility index (Phi) is 8.07. The highest BCUT2D eigenvalue weighted by molar-refractivity contribution is 6.17. The fourth-order valence-electron chi connectivity index (χ4n) is 5.10. The molecule has 192 valence electrons. The molecule has 1 aromatic heterocycles. The van der Waals surface area contributed by atoms with E-state index in [-0.39, 0.29) is 18.3 Å². The van der Waals surface area contributed by atoms with Crippen LogP contribution in [-0.2, 0) is 13.0 Å². The second-order valence-electron chi connectivity index (χ2n) is 10.3. The monoisotopic (exact) mass is 496 g/mol. The molecule has 0 bridgehead atoms. The van der Waals surface area contributed by atoms with Crippen molar-refractivity contribution in [1.82, 2.24) is 15.2 Å². The van der Waals surface area contributed by atoms with Crippen molar-refractivity contribution in [3.63, 3.8) is 0 Å². The number of carbonyl (C=O) groups excluding carboxylic acids is 1. The summed E-state index contributed by atoms with van der Waals surface area (Å²) < 4.78 is 6.21. The van der Waals surface area contributed by atoms with Crippen LogP contribution in [0.5, 0.6) is 5.75 Å². The first-order chi connectivity index (χ1) is 18.0. The van der Waals surface area contributed by atoms with Crippen LogP contribution in [0, 0.1) is 5.92 Å². The zero-order valence-corrected chi connectivity index (χ0v) is 21.8. The molecule has 0 spiro atoms. The maximum Gasteiger partial charge on any atom is 0.170 e. The van der Waals surface area contributed by atoms with Crippen LogP contribution in [0.1, 0.15) is 53.4 Å². The van der Waals surface area contributed by atoms with Crippen molar-refractivity contribution in [3.8, 4) is 5.75 Å². The minimum Gasteiger partial charge on any atom is -0.485 e. The van der Waals surface area contributed by atoms with Gasteiger partial charge in [-0.15, -0.1) is 0 Å². The number of aromatic nitrogens is 1. The molecule has 2 aliphatic heterocycles. The molecule has 0 saturated carbocycles. The number of hydrogen-bond donors (Lipinski definition) is 1. The number of ether oxygens (including phenoxy) is 1. The van der Waals surface area contributed by atoms with E-state index in [4.69, 9.17) is 9.73 Å². The van der Waals surface area contributed by atoms with Crippen molar-refractivity contribution < 1.29 is 9.53 Å². The lowest BCUT2D eigenvalue weighted by Gasteiger charge is -2.29. The number of benzene rings is 2. The van der Waals surface area contributed by atoms with Crippen molar-refractivity contribution in [2.24, 2.45) is 10.9 Å². The van der Waals surface area contributed by atoms with E-state index in [0.29, 0.717) is 23.7 Å². The predicted octanol–water partition coefficient (Wildman–Crippen LogP) is 5.23. The predicted molar refractivity (Wildman–Crippen MR) is 148 cm³/mol. The molecule has 0 aliphatic carbocycles. The molecule has 3 aromatic rings. The number of aliphatic imine (C=N–C) groups is 1. The third-order valence-electron chi connectivity index (χ3n) is 7.42. The molecule has 1 saturated heterocycles. The molecule has 0 amide bonds. The summed E-state index contributed by atoms with van der Waals surface area (Å²) in [6, 6.07) is 20.4. The first kappa shape index (κ1) is 25.3. The SMILES string of the molecule is CC(Oc1ccc(Cc2ccccc2)cc1)C1=Nc2c(ccnc2CNCC2CCN(C)CC2)C(=O)C1. The van der Waals surface area contributed by atoms with Crippen LogP contribution in [0.3, 0.4) is 0 Å². The molecule has 3 heterocycles. The van der Waals surface area contributed by atoms with E-state index in [0.717, 1.165) is 43.2 Å². The van der Waals surface area contributed by atoms with Gasteiger partial charge in [0, 0.05) is 18.3 Å². The minimum absolute atomic E-state index is 0.0765. The van der Waals surface area contributed by atoms with E-state index in [2.05, 4.69) is 58.6 Å². The molecule has 2 aromatic carbocycles. The van der Waals surface area contributed by atoms with E-state index < -0.39 is 0 Å². The Labute approximate surface area is 219 Å². The van der Waals surface area contributed by atoms with Gasteiger partial charge in [0.1, 0.15) is 11.9 Å². The van der Waals surface area contributed by atoms with Crippen LogP contribution in [0.15, 0.2) is 71.9 Å². The lowest BCUT2D eigenvalue weighted by molar-refractivity contribution is 0.0996. The van der Waals surface area contributed by atoms with Crippen LogP contribution >= 0.6 is 0 Å². The third-order valence-corrected chi connectivity index (χ3v) is 7.42. The third kappa shape index (κ3) is 6.51. The zero-order valence-electron chi connectivity index (χ0n) is 21.8. The van der Waals surface area contributed by atoms with E-state index >= 15 is 0 Å². The van der Waals surface area contributed by atoms with Gasteiger partial charge >= 0.3 is 0 Å². The maximum atomic E-state index is 13.0. The van der Waals surface area contributed by atoms with Gasteiger partial charge in [-0.3, -0.25) is 14.8 Å². The van der Waals surface area contributed by atoms with Crippen molar-refractivity contribution in [1.29, 1.82) is 0 Å². The van der Waals surface area contributed by atoms with Gasteiger partial charge in [0.05, 0.1) is 23.5 Å². The van der Waals surface area contributed by atoms with Crippen LogP contribution < -0.4 is 10.1 Å². The van der Waals surface area contributed by atoms with Crippen LogP contribution in [-0.4, -0.2) is 54.2 Å². The van der Waals surface area contributed by atoms with E-state index in [1.807, 2.05) is 25.1 Å². The van der Waals surface area contributed by atoms with E-state index in [1.165, 1.54) is 24.0 Å². The number of pyridine rings is 1. The highest BCUT2D eigenvalue weighted by Crippen LogP contribution is 2.30. The molecule has 6 heteroatoms. The lowest BCUT2D eigenvalue weighted by atomic mass is 9.96. The number of likely N-dealkylation sites (tertiary alicyclic amines) is 1. The van der Waals surface area contributed by atoms with Gasteiger partial charge in [-0.1, -0.05) is 42.5 Å². The fraction of sp³-hybridized carbons (Fsp3) is 0.387. The van der Waals surface area contributed by atoms with Gasteiger partial charge in [-0.2, -0.15) is 0 Å². The summed E-state index contributed by atoms with van der Waals surface area (Å²) >= 11 is 0. The highest BCUT2D eigenvalue weighted by Gasteiger charge is 2.27. The van der Waals surface area contributed by atoms with Crippen LogP contribution in [0.25, 0.3) is 0 Å². The van der Waals surface area contributed by atoms with Gasteiger partial charge < -0.3 is 15.0 Å². The van der Waals surface area contributed by atoms with Crippen LogP contribution in [0.2, 0.25) is 0 Å². The largest absolute Gasteiger partial charge is 0.485 e. The van der Waals surface area contributed by atoms with Gasteiger partial charge in [-0.25, -0.2) is 0 Å². The topological polar surface area (TPSA) is 66.8 Å². The molecule has 1 atom stereocenters. The first-order valence-electron chi connectivity index (χ1n) is 13.3.